The molecule has 2 heterocycles. The number of nitrogens with zero attached hydrogens (tertiary/aromatic N) is 2. The number of fused-ring (bicyclic) bond motifs is 1. The van der Waals surface area contributed by atoms with Crippen LogP contribution >= 0.6 is 0 Å². The van der Waals surface area contributed by atoms with Crippen molar-refractivity contribution in [3.05, 3.63) is 52.9 Å². The molecule has 0 unspecified atom stereocenters. The Bertz CT molecular complexity index is 830. The van der Waals surface area contributed by atoms with Crippen LogP contribution in [0, 0.1) is 5.82 Å². The maximum absolute atomic E-state index is 13.0. The molecule has 0 saturated heterocycles. The number of carbonyl (C=O) groups excluding carboxylic acids is 2. The molecule has 7 heteroatoms. The molecular formula is C21H27FN4O2. The van der Waals surface area contributed by atoms with E-state index >= 15 is 0 Å². The van der Waals surface area contributed by atoms with Gasteiger partial charge < -0.3 is 15.2 Å². The molecule has 28 heavy (non-hydrogen) atoms. The number of imidazole rings is 1. The fraction of sp³-hybridized carbons (Fsp3) is 0.476. The molecule has 0 fully saturated rings. The predicted molar refractivity (Wildman–Crippen MR) is 105 cm³/mol. The van der Waals surface area contributed by atoms with Gasteiger partial charge in [-0.05, 0) is 43.4 Å². The average Bonchev–Trinajstić information content (AvgIpc) is 3.10. The summed E-state index contributed by atoms with van der Waals surface area (Å²) in [5, 5.41) is 5.74. The lowest BCUT2D eigenvalue weighted by molar-refractivity contribution is 0.0935. The summed E-state index contributed by atoms with van der Waals surface area (Å²) in [6.45, 7) is 3.69. The van der Waals surface area contributed by atoms with E-state index in [0.717, 1.165) is 49.8 Å². The molecule has 0 atom stereocenters. The van der Waals surface area contributed by atoms with Crippen LogP contribution in [0.4, 0.5) is 4.39 Å². The van der Waals surface area contributed by atoms with Gasteiger partial charge >= 0.3 is 0 Å². The zero-order chi connectivity index (χ0) is 19.9. The Hall–Kier alpha value is -2.70. The van der Waals surface area contributed by atoms with Crippen LogP contribution in [-0.4, -0.2) is 27.9 Å². The van der Waals surface area contributed by atoms with E-state index in [-0.39, 0.29) is 30.0 Å². The third-order valence-corrected chi connectivity index (χ3v) is 4.97. The van der Waals surface area contributed by atoms with Crippen molar-refractivity contribution in [3.63, 3.8) is 0 Å². The number of hydrogen-bond acceptors (Lipinski definition) is 3. The second-order valence-electron chi connectivity index (χ2n) is 7.11. The topological polar surface area (TPSA) is 76.0 Å². The van der Waals surface area contributed by atoms with Gasteiger partial charge in [-0.2, -0.15) is 0 Å². The van der Waals surface area contributed by atoms with Crippen LogP contribution in [0.15, 0.2) is 24.3 Å². The van der Waals surface area contributed by atoms with Crippen LogP contribution in [0.1, 0.15) is 71.4 Å². The van der Waals surface area contributed by atoms with E-state index in [2.05, 4.69) is 22.5 Å². The molecule has 2 amide bonds. The van der Waals surface area contributed by atoms with Crippen molar-refractivity contribution in [1.82, 2.24) is 20.2 Å². The smallest absolute Gasteiger partial charge is 0.287 e. The zero-order valence-corrected chi connectivity index (χ0v) is 16.3. The van der Waals surface area contributed by atoms with Gasteiger partial charge in [-0.1, -0.05) is 31.9 Å². The Kier molecular flexibility index (Phi) is 6.79. The highest BCUT2D eigenvalue weighted by Crippen LogP contribution is 2.21. The van der Waals surface area contributed by atoms with E-state index in [1.54, 1.807) is 12.1 Å². The van der Waals surface area contributed by atoms with E-state index in [0.29, 0.717) is 18.8 Å². The standard InChI is InChI=1S/C21H27FN4O2/c1-2-3-5-12-23-20(27)18-17-7-4-6-13-26(17)19(25-18)21(28)24-14-15-8-10-16(22)11-9-15/h8-11H,2-7,12-14H2,1H3,(H,23,27)(H,24,28). The SMILES string of the molecule is CCCCCNC(=O)c1nc(C(=O)NCc2ccc(F)cc2)n2c1CCCC2. The molecule has 1 aliphatic rings. The summed E-state index contributed by atoms with van der Waals surface area (Å²) in [6, 6.07) is 5.98. The number of amides is 2. The molecule has 1 aromatic carbocycles. The first-order valence-corrected chi connectivity index (χ1v) is 10.0. The van der Waals surface area contributed by atoms with Crippen LogP contribution in [0.25, 0.3) is 0 Å². The lowest BCUT2D eigenvalue weighted by atomic mass is 10.1. The normalized spacial score (nSPS) is 13.1. The van der Waals surface area contributed by atoms with Crippen molar-refractivity contribution in [2.45, 2.75) is 58.5 Å². The first kappa shape index (κ1) is 20.0. The molecule has 0 aliphatic carbocycles. The van der Waals surface area contributed by atoms with Crippen molar-refractivity contribution >= 4 is 11.8 Å². The maximum atomic E-state index is 13.0. The minimum absolute atomic E-state index is 0.209. The van der Waals surface area contributed by atoms with Crippen molar-refractivity contribution in [2.24, 2.45) is 0 Å². The minimum atomic E-state index is -0.322. The lowest BCUT2D eigenvalue weighted by Crippen LogP contribution is -2.27. The number of rotatable bonds is 8. The fourth-order valence-electron chi connectivity index (χ4n) is 3.42. The molecule has 0 bridgehead atoms. The van der Waals surface area contributed by atoms with Gasteiger partial charge in [0.1, 0.15) is 11.5 Å². The van der Waals surface area contributed by atoms with E-state index < -0.39 is 0 Å². The Morgan fingerprint density at radius 2 is 1.89 bits per heavy atom. The zero-order valence-electron chi connectivity index (χ0n) is 16.3. The Morgan fingerprint density at radius 3 is 2.64 bits per heavy atom. The van der Waals surface area contributed by atoms with Crippen LogP contribution in [0.5, 0.6) is 0 Å². The molecule has 6 nitrogen and oxygen atoms in total. The monoisotopic (exact) mass is 386 g/mol. The van der Waals surface area contributed by atoms with Crippen molar-refractivity contribution in [2.75, 3.05) is 6.54 Å². The lowest BCUT2D eigenvalue weighted by Gasteiger charge is -2.17. The number of hydrogen-bond donors (Lipinski definition) is 2. The molecule has 1 aromatic heterocycles. The third kappa shape index (κ3) is 4.77. The molecule has 150 valence electrons. The Balaban J connectivity index is 1.71. The predicted octanol–water partition coefficient (Wildman–Crippen LogP) is 3.21. The quantitative estimate of drug-likeness (QED) is 0.684. The van der Waals surface area contributed by atoms with Gasteiger partial charge in [-0.15, -0.1) is 0 Å². The largest absolute Gasteiger partial charge is 0.351 e. The van der Waals surface area contributed by atoms with Crippen molar-refractivity contribution in [3.8, 4) is 0 Å². The second-order valence-corrected chi connectivity index (χ2v) is 7.11. The fourth-order valence-corrected chi connectivity index (χ4v) is 3.42. The summed E-state index contributed by atoms with van der Waals surface area (Å²) < 4.78 is 14.9. The van der Waals surface area contributed by atoms with Gasteiger partial charge in [0.05, 0.1) is 5.69 Å². The van der Waals surface area contributed by atoms with Gasteiger partial charge in [0.2, 0.25) is 0 Å². The number of unbranched alkanes of at least 4 members (excludes halogenated alkanes) is 2. The van der Waals surface area contributed by atoms with E-state index in [1.807, 2.05) is 4.57 Å². The summed E-state index contributed by atoms with van der Waals surface area (Å²) in [5.74, 6) is -0.570. The number of nitrogens with one attached hydrogen (secondary N) is 2. The molecule has 0 saturated carbocycles. The Morgan fingerprint density at radius 1 is 1.11 bits per heavy atom. The molecule has 3 rings (SSSR count). The summed E-state index contributed by atoms with van der Waals surface area (Å²) in [6.07, 6.45) is 5.78. The van der Waals surface area contributed by atoms with Gasteiger partial charge in [0.25, 0.3) is 11.8 Å². The number of halogens is 1. The highest BCUT2D eigenvalue weighted by atomic mass is 19.1. The van der Waals surface area contributed by atoms with Crippen LogP contribution < -0.4 is 10.6 Å². The molecule has 0 spiro atoms. The summed E-state index contributed by atoms with van der Waals surface area (Å²) in [5.41, 5.74) is 2.00. The molecule has 1 aliphatic heterocycles. The first-order valence-electron chi connectivity index (χ1n) is 10.0. The van der Waals surface area contributed by atoms with Gasteiger partial charge in [-0.3, -0.25) is 9.59 Å². The molecule has 2 aromatic rings. The van der Waals surface area contributed by atoms with Crippen LogP contribution in [0.3, 0.4) is 0 Å². The minimum Gasteiger partial charge on any atom is -0.351 e. The average molecular weight is 386 g/mol. The molecule has 2 N–H and O–H groups in total. The second kappa shape index (κ2) is 9.48. The van der Waals surface area contributed by atoms with Gasteiger partial charge in [-0.25, -0.2) is 9.37 Å². The van der Waals surface area contributed by atoms with Crippen molar-refractivity contribution in [1.29, 1.82) is 0 Å². The number of carbonyl (C=O) groups is 2. The highest BCUT2D eigenvalue weighted by Gasteiger charge is 2.27. The number of benzene rings is 1. The highest BCUT2D eigenvalue weighted by molar-refractivity contribution is 5.97. The van der Waals surface area contributed by atoms with Gasteiger partial charge in [0, 0.05) is 19.6 Å². The van der Waals surface area contributed by atoms with Crippen LogP contribution in [0.2, 0.25) is 0 Å². The number of aromatic nitrogens is 2. The molecule has 0 radical (unpaired) electrons. The van der Waals surface area contributed by atoms with Crippen molar-refractivity contribution < 1.29 is 14.0 Å². The van der Waals surface area contributed by atoms with E-state index in [9.17, 15) is 14.0 Å². The van der Waals surface area contributed by atoms with Gasteiger partial charge in [0.15, 0.2) is 5.82 Å². The van der Waals surface area contributed by atoms with E-state index in [4.69, 9.17) is 0 Å². The molecular weight excluding hydrogens is 359 g/mol. The summed E-state index contributed by atoms with van der Waals surface area (Å²) in [7, 11) is 0. The first-order chi connectivity index (χ1) is 13.6. The summed E-state index contributed by atoms with van der Waals surface area (Å²) in [4.78, 5) is 29.7. The Labute approximate surface area is 164 Å². The van der Waals surface area contributed by atoms with E-state index in [1.165, 1.54) is 12.1 Å². The van der Waals surface area contributed by atoms with Crippen LogP contribution in [-0.2, 0) is 19.5 Å². The summed E-state index contributed by atoms with van der Waals surface area (Å²) >= 11 is 0. The maximum Gasteiger partial charge on any atom is 0.287 e. The third-order valence-electron chi connectivity index (χ3n) is 4.97.